The van der Waals surface area contributed by atoms with Crippen LogP contribution in [0.3, 0.4) is 0 Å². The molecular weight excluding hydrogens is 592 g/mol. The first-order valence-electron chi connectivity index (χ1n) is 17.1. The van der Waals surface area contributed by atoms with Crippen molar-refractivity contribution < 1.29 is 34.8 Å². The van der Waals surface area contributed by atoms with Crippen molar-refractivity contribution in [1.29, 1.82) is 0 Å². The van der Waals surface area contributed by atoms with Crippen LogP contribution in [0.25, 0.3) is 6.08 Å². The number of carboxylic acid groups (broad SMARTS) is 1. The molecule has 0 spiro atoms. The van der Waals surface area contributed by atoms with E-state index in [1.807, 2.05) is 70.2 Å². The summed E-state index contributed by atoms with van der Waals surface area (Å²) < 4.78 is 0. The topological polar surface area (TPSA) is 132 Å². The van der Waals surface area contributed by atoms with Gasteiger partial charge in [-0.05, 0) is 72.6 Å². The third-order valence-electron chi connectivity index (χ3n) is 13.8. The SMILES string of the molecule is CC(=C[C@@H](O)C[C@@H](C)[C@@H]1C[C@]2(O)C=C[C@@]3(O)C4=C(C(=O)C[C@@]1(C)[C@]42C)[C@@]1(C)CCC(=O)C(C)(C)[C@@H]1[C@@H]3C=Cc1ccccc1)C(=O)O. The van der Waals surface area contributed by atoms with Gasteiger partial charge in [-0.2, -0.15) is 0 Å². The highest BCUT2D eigenvalue weighted by Gasteiger charge is 2.78. The molecule has 47 heavy (non-hydrogen) atoms. The van der Waals surface area contributed by atoms with Gasteiger partial charge in [-0.3, -0.25) is 9.59 Å². The number of Topliss-reactive ketones (excluding diaryl/α,β-unsaturated/α-hetero) is 2. The second-order valence-corrected chi connectivity index (χ2v) is 16.6. The van der Waals surface area contributed by atoms with Crippen LogP contribution in [0.1, 0.15) is 86.1 Å². The smallest absolute Gasteiger partial charge is 0.331 e. The molecule has 0 radical (unpaired) electrons. The van der Waals surface area contributed by atoms with Crippen LogP contribution in [0, 0.1) is 45.3 Å². The van der Waals surface area contributed by atoms with Crippen LogP contribution >= 0.6 is 0 Å². The van der Waals surface area contributed by atoms with Crippen molar-refractivity contribution in [2.45, 2.75) is 97.9 Å². The van der Waals surface area contributed by atoms with E-state index in [4.69, 9.17) is 0 Å². The van der Waals surface area contributed by atoms with Gasteiger partial charge in [0.1, 0.15) is 11.4 Å². The summed E-state index contributed by atoms with van der Waals surface area (Å²) >= 11 is 0. The molecule has 5 aliphatic carbocycles. The fourth-order valence-corrected chi connectivity index (χ4v) is 11.4. The van der Waals surface area contributed by atoms with Crippen LogP contribution in [0.5, 0.6) is 0 Å². The molecule has 1 aromatic carbocycles. The van der Waals surface area contributed by atoms with Crippen molar-refractivity contribution in [2.24, 2.45) is 45.3 Å². The minimum absolute atomic E-state index is 0.0412. The number of fused-ring (bicyclic) bond motifs is 2. The Kier molecular flexibility index (Phi) is 7.67. The quantitative estimate of drug-likeness (QED) is 0.209. The van der Waals surface area contributed by atoms with E-state index in [1.165, 1.54) is 13.0 Å². The van der Waals surface area contributed by atoms with Crippen LogP contribution < -0.4 is 0 Å². The summed E-state index contributed by atoms with van der Waals surface area (Å²) in [5.41, 5.74) is -4.13. The third kappa shape index (κ3) is 4.45. The summed E-state index contributed by atoms with van der Waals surface area (Å²) in [5, 5.41) is 46.2. The Bertz CT molecular complexity index is 1650. The molecule has 0 heterocycles. The lowest BCUT2D eigenvalue weighted by Crippen LogP contribution is -2.69. The van der Waals surface area contributed by atoms with Gasteiger partial charge in [-0.25, -0.2) is 4.79 Å². The highest BCUT2D eigenvalue weighted by Crippen LogP contribution is 2.78. The lowest BCUT2D eigenvalue weighted by molar-refractivity contribution is -0.161. The van der Waals surface area contributed by atoms with Gasteiger partial charge in [0.25, 0.3) is 0 Å². The van der Waals surface area contributed by atoms with E-state index < -0.39 is 50.9 Å². The number of ketones is 2. The number of aliphatic hydroxyl groups excluding tert-OH is 1. The molecule has 0 amide bonds. The van der Waals surface area contributed by atoms with Gasteiger partial charge in [0.05, 0.1) is 11.7 Å². The predicted octanol–water partition coefficient (Wildman–Crippen LogP) is 6.09. The van der Waals surface area contributed by atoms with Crippen LogP contribution in [0.2, 0.25) is 0 Å². The van der Waals surface area contributed by atoms with Crippen molar-refractivity contribution in [1.82, 2.24) is 0 Å². The number of aliphatic hydroxyl groups is 3. The second kappa shape index (κ2) is 10.7. The lowest BCUT2D eigenvalue weighted by Gasteiger charge is -2.68. The maximum atomic E-state index is 14.8. The number of benzene rings is 1. The van der Waals surface area contributed by atoms with Crippen LogP contribution in [-0.2, 0) is 14.4 Å². The number of carboxylic acids is 1. The van der Waals surface area contributed by atoms with Crippen molar-refractivity contribution in [2.75, 3.05) is 0 Å². The van der Waals surface area contributed by atoms with Crippen molar-refractivity contribution in [3.63, 3.8) is 0 Å². The van der Waals surface area contributed by atoms with E-state index in [-0.39, 0.29) is 47.7 Å². The van der Waals surface area contributed by atoms with Gasteiger partial charge in [0.2, 0.25) is 0 Å². The van der Waals surface area contributed by atoms with E-state index in [9.17, 15) is 34.8 Å². The lowest BCUT2D eigenvalue weighted by atomic mass is 9.36. The molecule has 10 atom stereocenters. The second-order valence-electron chi connectivity index (χ2n) is 16.6. The molecule has 0 aromatic heterocycles. The summed E-state index contributed by atoms with van der Waals surface area (Å²) in [5.74, 6) is -2.33. The van der Waals surface area contributed by atoms with Crippen molar-refractivity contribution >= 4 is 23.6 Å². The van der Waals surface area contributed by atoms with Crippen molar-refractivity contribution in [3.8, 4) is 0 Å². The Morgan fingerprint density at radius 1 is 1.04 bits per heavy atom. The Morgan fingerprint density at radius 3 is 2.34 bits per heavy atom. The van der Waals surface area contributed by atoms with Gasteiger partial charge in [0.15, 0.2) is 5.78 Å². The first kappa shape index (κ1) is 33.8. The first-order valence-corrected chi connectivity index (χ1v) is 17.1. The predicted molar refractivity (Wildman–Crippen MR) is 180 cm³/mol. The number of carbonyl (C=O) groups excluding carboxylic acids is 2. The number of aliphatic carboxylic acids is 1. The number of allylic oxidation sites excluding steroid dienone is 1. The Balaban J connectivity index is 1.55. The monoisotopic (exact) mass is 642 g/mol. The zero-order valence-electron chi connectivity index (χ0n) is 28.7. The molecule has 6 rings (SSSR count). The summed E-state index contributed by atoms with van der Waals surface area (Å²) in [6, 6.07) is 9.84. The number of carbonyl (C=O) groups is 3. The highest BCUT2D eigenvalue weighted by molar-refractivity contribution is 6.02. The van der Waals surface area contributed by atoms with Crippen LogP contribution in [0.15, 0.2) is 71.4 Å². The molecule has 5 aliphatic rings. The minimum atomic E-state index is -1.63. The molecule has 252 valence electrons. The van der Waals surface area contributed by atoms with Gasteiger partial charge in [-0.15, -0.1) is 0 Å². The average molecular weight is 643 g/mol. The van der Waals surface area contributed by atoms with E-state index in [0.29, 0.717) is 30.4 Å². The molecule has 7 heteroatoms. The van der Waals surface area contributed by atoms with Gasteiger partial charge < -0.3 is 20.4 Å². The molecule has 0 bridgehead atoms. The Morgan fingerprint density at radius 2 is 1.70 bits per heavy atom. The normalized spacial score (nSPS) is 41.9. The maximum Gasteiger partial charge on any atom is 0.331 e. The van der Waals surface area contributed by atoms with E-state index in [2.05, 4.69) is 13.8 Å². The number of rotatable bonds is 7. The molecule has 1 aromatic rings. The molecule has 0 aliphatic heterocycles. The van der Waals surface area contributed by atoms with E-state index in [1.54, 1.807) is 12.2 Å². The zero-order valence-corrected chi connectivity index (χ0v) is 28.7. The minimum Gasteiger partial charge on any atom is -0.478 e. The van der Waals surface area contributed by atoms with Crippen molar-refractivity contribution in [3.05, 3.63) is 76.9 Å². The van der Waals surface area contributed by atoms with Crippen LogP contribution in [0.4, 0.5) is 0 Å². The molecule has 7 nitrogen and oxygen atoms in total. The van der Waals surface area contributed by atoms with Gasteiger partial charge in [0, 0.05) is 46.2 Å². The first-order chi connectivity index (χ1) is 21.8. The third-order valence-corrected chi connectivity index (χ3v) is 13.8. The molecule has 0 saturated heterocycles. The number of hydrogen-bond acceptors (Lipinski definition) is 6. The fraction of sp³-hybridized carbons (Fsp3) is 0.575. The Labute approximate surface area is 278 Å². The van der Waals surface area contributed by atoms with Crippen LogP contribution in [-0.4, -0.2) is 55.3 Å². The average Bonchev–Trinajstić information content (AvgIpc) is 3.17. The maximum absolute atomic E-state index is 14.8. The molecule has 0 unspecified atom stereocenters. The summed E-state index contributed by atoms with van der Waals surface area (Å²) in [7, 11) is 0. The zero-order chi connectivity index (χ0) is 34.5. The molecule has 2 fully saturated rings. The van der Waals surface area contributed by atoms with E-state index >= 15 is 0 Å². The molecular formula is C40H50O7. The number of hydrogen-bond donors (Lipinski definition) is 4. The highest BCUT2D eigenvalue weighted by atomic mass is 16.4. The largest absolute Gasteiger partial charge is 0.478 e. The van der Waals surface area contributed by atoms with Gasteiger partial charge >= 0.3 is 5.97 Å². The molecule has 4 N–H and O–H groups in total. The molecule has 2 saturated carbocycles. The summed E-state index contributed by atoms with van der Waals surface area (Å²) in [6.45, 7) is 13.5. The summed E-state index contributed by atoms with van der Waals surface area (Å²) in [6.07, 6.45) is 9.44. The summed E-state index contributed by atoms with van der Waals surface area (Å²) in [4.78, 5) is 39.8. The van der Waals surface area contributed by atoms with E-state index in [0.717, 1.165) is 5.56 Å². The fourth-order valence-electron chi connectivity index (χ4n) is 11.4. The Hall–Kier alpha value is -3.13. The van der Waals surface area contributed by atoms with Gasteiger partial charge in [-0.1, -0.05) is 90.1 Å². The standard InChI is InChI=1S/C40H50O7/c1-23(19-26(41)20-24(2)34(44)45)28-21-39(46)17-18-40(47)27(14-13-25-11-9-8-10-12-25)32-35(3,4)30(43)15-16-36(32,5)31-29(42)22-37(28,6)38(39,7)33(31)40/h8-14,17-18,20,23,26-28,32,41,46-47H,15-16,19,21-22H2,1-7H3,(H,44,45)/t23-,26+,27+,28+,32+,36-,37-,38+,39-,40+/m1/s1.